The highest BCUT2D eigenvalue weighted by Gasteiger charge is 2.24. The van der Waals surface area contributed by atoms with Gasteiger partial charge in [-0.05, 0) is 73.4 Å². The fourth-order valence-electron chi connectivity index (χ4n) is 4.58. The second-order valence-corrected chi connectivity index (χ2v) is 8.26. The number of aryl methyl sites for hydroxylation is 4. The molecule has 0 bridgehead atoms. The molecule has 5 rings (SSSR count). The maximum atomic E-state index is 9.50. The Labute approximate surface area is 181 Å². The van der Waals surface area contributed by atoms with Crippen LogP contribution in [0.5, 0.6) is 0 Å². The minimum atomic E-state index is 0.633. The minimum absolute atomic E-state index is 0.633. The molecule has 3 nitrogen and oxygen atoms in total. The lowest BCUT2D eigenvalue weighted by Gasteiger charge is -2.13. The Morgan fingerprint density at radius 3 is 2.45 bits per heavy atom. The molecular formula is C28H23N2O+. The normalized spacial score (nSPS) is 11.2. The fraction of sp³-hybridized carbons (Fsp3) is 0.143. The lowest BCUT2D eigenvalue weighted by atomic mass is 9.90. The van der Waals surface area contributed by atoms with Crippen LogP contribution in [0.1, 0.15) is 22.3 Å². The average Bonchev–Trinajstić information content (AvgIpc) is 3.12. The standard InChI is InChI=1S/C28H23N2O/c1-17-8-10-21(18(2)13-17)22-14-19(3)26(24-7-5-6-12-30(24)4)28-27(22)23-15-20(16-29)9-11-25(23)31-28/h5-15H,1-4H3/q+1. The molecule has 5 aromatic rings. The molecular weight excluding hydrogens is 380 g/mol. The first-order chi connectivity index (χ1) is 15.0. The Balaban J connectivity index is 1.98. The first-order valence-corrected chi connectivity index (χ1v) is 10.4. The van der Waals surface area contributed by atoms with Crippen LogP contribution < -0.4 is 4.57 Å². The van der Waals surface area contributed by atoms with Crippen LogP contribution in [0.3, 0.4) is 0 Å². The molecule has 0 amide bonds. The zero-order valence-corrected chi connectivity index (χ0v) is 18.2. The second-order valence-electron chi connectivity index (χ2n) is 8.26. The summed E-state index contributed by atoms with van der Waals surface area (Å²) in [4.78, 5) is 0. The van der Waals surface area contributed by atoms with Crippen LogP contribution in [-0.4, -0.2) is 0 Å². The maximum absolute atomic E-state index is 9.50. The van der Waals surface area contributed by atoms with Gasteiger partial charge in [-0.3, -0.25) is 0 Å². The number of rotatable bonds is 2. The van der Waals surface area contributed by atoms with Crippen LogP contribution in [0, 0.1) is 32.1 Å². The predicted octanol–water partition coefficient (Wildman–Crippen LogP) is 6.54. The van der Waals surface area contributed by atoms with E-state index in [1.807, 2.05) is 24.3 Å². The second kappa shape index (κ2) is 7.11. The van der Waals surface area contributed by atoms with Gasteiger partial charge in [-0.15, -0.1) is 0 Å². The Bertz CT molecular complexity index is 1530. The van der Waals surface area contributed by atoms with Gasteiger partial charge in [0.25, 0.3) is 0 Å². The molecule has 150 valence electrons. The number of hydrogen-bond acceptors (Lipinski definition) is 2. The van der Waals surface area contributed by atoms with Gasteiger partial charge in [0.05, 0.1) is 17.2 Å². The van der Waals surface area contributed by atoms with Crippen molar-refractivity contribution in [3.05, 3.63) is 89.1 Å². The molecule has 3 heteroatoms. The monoisotopic (exact) mass is 403 g/mol. The van der Waals surface area contributed by atoms with Crippen molar-refractivity contribution in [2.24, 2.45) is 7.05 Å². The predicted molar refractivity (Wildman–Crippen MR) is 125 cm³/mol. The Morgan fingerprint density at radius 1 is 0.871 bits per heavy atom. The Kier molecular flexibility index (Phi) is 4.38. The number of hydrogen-bond donors (Lipinski definition) is 0. The summed E-state index contributed by atoms with van der Waals surface area (Å²) in [6.07, 6.45) is 2.05. The van der Waals surface area contributed by atoms with Gasteiger partial charge in [0.2, 0.25) is 5.69 Å². The molecule has 0 aliphatic carbocycles. The van der Waals surface area contributed by atoms with E-state index in [0.29, 0.717) is 5.56 Å². The van der Waals surface area contributed by atoms with Crippen molar-refractivity contribution in [2.45, 2.75) is 20.8 Å². The molecule has 0 aliphatic rings. The third-order valence-corrected chi connectivity index (χ3v) is 6.05. The van der Waals surface area contributed by atoms with Crippen LogP contribution >= 0.6 is 0 Å². The summed E-state index contributed by atoms with van der Waals surface area (Å²) in [5.74, 6) is 0. The fourth-order valence-corrected chi connectivity index (χ4v) is 4.58. The number of pyridine rings is 1. The summed E-state index contributed by atoms with van der Waals surface area (Å²) < 4.78 is 8.59. The zero-order valence-electron chi connectivity index (χ0n) is 18.2. The molecule has 0 atom stereocenters. The molecule has 2 aromatic heterocycles. The van der Waals surface area contributed by atoms with Crippen molar-refractivity contribution >= 4 is 21.9 Å². The quantitative estimate of drug-likeness (QED) is 0.314. The van der Waals surface area contributed by atoms with Crippen LogP contribution in [-0.2, 0) is 7.05 Å². The summed E-state index contributed by atoms with van der Waals surface area (Å²) >= 11 is 0. The van der Waals surface area contributed by atoms with Gasteiger partial charge in [-0.25, -0.2) is 4.57 Å². The smallest absolute Gasteiger partial charge is 0.216 e. The zero-order chi connectivity index (χ0) is 21.7. The van der Waals surface area contributed by atoms with Crippen molar-refractivity contribution in [1.82, 2.24) is 0 Å². The first-order valence-electron chi connectivity index (χ1n) is 10.4. The number of aromatic nitrogens is 1. The molecule has 31 heavy (non-hydrogen) atoms. The molecule has 2 heterocycles. The molecule has 0 radical (unpaired) electrons. The van der Waals surface area contributed by atoms with E-state index in [9.17, 15) is 5.26 Å². The van der Waals surface area contributed by atoms with E-state index in [1.54, 1.807) is 0 Å². The van der Waals surface area contributed by atoms with E-state index >= 15 is 0 Å². The number of fused-ring (bicyclic) bond motifs is 3. The lowest BCUT2D eigenvalue weighted by Crippen LogP contribution is -2.30. The highest BCUT2D eigenvalue weighted by molar-refractivity contribution is 6.17. The summed E-state index contributed by atoms with van der Waals surface area (Å²) in [5, 5.41) is 11.5. The van der Waals surface area contributed by atoms with Gasteiger partial charge in [-0.2, -0.15) is 5.26 Å². The highest BCUT2D eigenvalue weighted by atomic mass is 16.3. The van der Waals surface area contributed by atoms with Gasteiger partial charge in [0, 0.05) is 22.9 Å². The maximum Gasteiger partial charge on any atom is 0.216 e. The van der Waals surface area contributed by atoms with Crippen molar-refractivity contribution in [3.63, 3.8) is 0 Å². The highest BCUT2D eigenvalue weighted by Crippen LogP contribution is 2.43. The van der Waals surface area contributed by atoms with Crippen LogP contribution in [0.25, 0.3) is 44.3 Å². The van der Waals surface area contributed by atoms with Gasteiger partial charge in [-0.1, -0.05) is 23.8 Å². The molecule has 3 aromatic carbocycles. The number of nitrogens with zero attached hydrogens (tertiary/aromatic N) is 2. The summed E-state index contributed by atoms with van der Waals surface area (Å²) in [6.45, 7) is 6.41. The largest absolute Gasteiger partial charge is 0.455 e. The minimum Gasteiger partial charge on any atom is -0.455 e. The topological polar surface area (TPSA) is 40.8 Å². The summed E-state index contributed by atoms with van der Waals surface area (Å²) in [6, 6.07) is 22.9. The number of benzene rings is 3. The molecule has 0 N–H and O–H groups in total. The van der Waals surface area contributed by atoms with E-state index < -0.39 is 0 Å². The van der Waals surface area contributed by atoms with Gasteiger partial charge in [0.15, 0.2) is 6.20 Å². The van der Waals surface area contributed by atoms with Crippen LogP contribution in [0.4, 0.5) is 0 Å². The van der Waals surface area contributed by atoms with E-state index in [-0.39, 0.29) is 0 Å². The SMILES string of the molecule is Cc1ccc(-c2cc(C)c(-c3cccc[n+]3C)c3oc4ccc(C#N)cc4c23)c(C)c1. The van der Waals surface area contributed by atoms with E-state index in [0.717, 1.165) is 44.3 Å². The molecule has 0 saturated heterocycles. The third-order valence-electron chi connectivity index (χ3n) is 6.05. The van der Waals surface area contributed by atoms with E-state index in [1.165, 1.54) is 16.7 Å². The van der Waals surface area contributed by atoms with E-state index in [4.69, 9.17) is 4.42 Å². The Morgan fingerprint density at radius 2 is 1.71 bits per heavy atom. The van der Waals surface area contributed by atoms with Gasteiger partial charge < -0.3 is 4.42 Å². The van der Waals surface area contributed by atoms with Crippen LogP contribution in [0.2, 0.25) is 0 Å². The van der Waals surface area contributed by atoms with Crippen molar-refractivity contribution in [2.75, 3.05) is 0 Å². The number of furan rings is 1. The lowest BCUT2D eigenvalue weighted by molar-refractivity contribution is -0.660. The van der Waals surface area contributed by atoms with Crippen LogP contribution in [0.15, 0.2) is 71.3 Å². The molecule has 0 unspecified atom stereocenters. The first kappa shape index (κ1) is 19.1. The molecule has 0 aliphatic heterocycles. The summed E-state index contributed by atoms with van der Waals surface area (Å²) in [5.41, 5.74) is 10.4. The van der Waals surface area contributed by atoms with Gasteiger partial charge in [0.1, 0.15) is 18.2 Å². The van der Waals surface area contributed by atoms with Gasteiger partial charge >= 0.3 is 0 Å². The summed E-state index contributed by atoms with van der Waals surface area (Å²) in [7, 11) is 2.05. The van der Waals surface area contributed by atoms with E-state index in [2.05, 4.69) is 81.1 Å². The molecule has 0 spiro atoms. The van der Waals surface area contributed by atoms with Crippen molar-refractivity contribution < 1.29 is 8.98 Å². The van der Waals surface area contributed by atoms with Crippen molar-refractivity contribution in [1.29, 1.82) is 5.26 Å². The average molecular weight is 404 g/mol. The Hall–Kier alpha value is -3.90. The molecule has 0 saturated carbocycles. The molecule has 0 fully saturated rings. The van der Waals surface area contributed by atoms with Crippen molar-refractivity contribution in [3.8, 4) is 28.5 Å². The third kappa shape index (κ3) is 3.00. The number of nitriles is 1.